The molecule has 0 aliphatic carbocycles. The van der Waals surface area contributed by atoms with Crippen molar-refractivity contribution in [3.63, 3.8) is 0 Å². The number of nitrogens with zero attached hydrogens (tertiary/aromatic N) is 3. The molecule has 0 bridgehead atoms. The number of aromatic nitrogens is 1. The summed E-state index contributed by atoms with van der Waals surface area (Å²) in [5.74, 6) is -2.99. The first-order chi connectivity index (χ1) is 18.4. The molecule has 0 atom stereocenters. The van der Waals surface area contributed by atoms with Crippen LogP contribution >= 0.6 is 30.3 Å². The van der Waals surface area contributed by atoms with Gasteiger partial charge in [-0.25, -0.2) is 14.2 Å². The molecule has 0 saturated carbocycles. The van der Waals surface area contributed by atoms with E-state index in [2.05, 4.69) is 10.1 Å². The van der Waals surface area contributed by atoms with Crippen LogP contribution in [0.5, 0.6) is 0 Å². The van der Waals surface area contributed by atoms with Crippen molar-refractivity contribution in [3.05, 3.63) is 119 Å². The number of esters is 1. The molecule has 4 rings (SSSR count). The van der Waals surface area contributed by atoms with E-state index < -0.39 is 41.1 Å². The van der Waals surface area contributed by atoms with Crippen LogP contribution in [0.25, 0.3) is 0 Å². The third-order valence-corrected chi connectivity index (χ3v) is 9.53. The molecule has 0 aliphatic heterocycles. The molecule has 0 N–H and O–H groups in total. The van der Waals surface area contributed by atoms with Gasteiger partial charge in [-0.1, -0.05) is 114 Å². The van der Waals surface area contributed by atoms with E-state index in [1.165, 1.54) is 0 Å². The molecular formula is C28H21Cl2FN3O3P. The number of rotatable bonds is 8. The van der Waals surface area contributed by atoms with Crippen molar-refractivity contribution in [2.75, 3.05) is 6.61 Å². The third-order valence-electron chi connectivity index (χ3n) is 5.48. The summed E-state index contributed by atoms with van der Waals surface area (Å²) < 4.78 is 19.3. The van der Waals surface area contributed by atoms with Gasteiger partial charge < -0.3 is 4.74 Å². The maximum absolute atomic E-state index is 14.2. The molecular weight excluding hydrogens is 547 g/mol. The topological polar surface area (TPSA) is 81.0 Å². The van der Waals surface area contributed by atoms with Crippen molar-refractivity contribution in [1.29, 1.82) is 0 Å². The van der Waals surface area contributed by atoms with Gasteiger partial charge in [0.05, 0.1) is 19.2 Å². The van der Waals surface area contributed by atoms with Crippen LogP contribution in [-0.4, -0.2) is 29.1 Å². The predicted octanol–water partition coefficient (Wildman–Crippen LogP) is 5.81. The summed E-state index contributed by atoms with van der Waals surface area (Å²) in [6.07, 6.45) is 0. The van der Waals surface area contributed by atoms with Crippen molar-refractivity contribution in [1.82, 2.24) is 4.98 Å². The van der Waals surface area contributed by atoms with E-state index >= 15 is 0 Å². The van der Waals surface area contributed by atoms with E-state index in [0.29, 0.717) is 0 Å². The van der Waals surface area contributed by atoms with Crippen LogP contribution in [0.4, 0.5) is 4.39 Å². The van der Waals surface area contributed by atoms with E-state index in [4.69, 9.17) is 32.8 Å². The van der Waals surface area contributed by atoms with Gasteiger partial charge in [0.15, 0.2) is 11.0 Å². The molecule has 38 heavy (non-hydrogen) atoms. The summed E-state index contributed by atoms with van der Waals surface area (Å²) in [6, 6.07) is 29.3. The molecule has 192 valence electrons. The maximum atomic E-state index is 14.2. The highest BCUT2D eigenvalue weighted by atomic mass is 35.5. The number of carbonyl (C=O) groups excluding carboxylic acids is 2. The van der Waals surface area contributed by atoms with Gasteiger partial charge in [-0.3, -0.25) is 4.79 Å². The monoisotopic (exact) mass is 567 g/mol. The van der Waals surface area contributed by atoms with E-state index in [1.54, 1.807) is 6.92 Å². The van der Waals surface area contributed by atoms with Crippen molar-refractivity contribution >= 4 is 63.6 Å². The Balaban J connectivity index is 2.05. The second kappa shape index (κ2) is 12.3. The molecule has 6 nitrogen and oxygen atoms in total. The molecule has 1 heterocycles. The lowest BCUT2D eigenvalue weighted by atomic mass is 10.1. The fourth-order valence-corrected chi connectivity index (χ4v) is 7.40. The number of benzene rings is 3. The molecule has 1 aromatic heterocycles. The highest BCUT2D eigenvalue weighted by molar-refractivity contribution is 7.87. The van der Waals surface area contributed by atoms with Crippen LogP contribution in [-0.2, 0) is 9.53 Å². The van der Waals surface area contributed by atoms with Gasteiger partial charge in [-0.05, 0) is 13.0 Å². The lowest BCUT2D eigenvalue weighted by Gasteiger charge is -2.25. The molecule has 0 radical (unpaired) electrons. The van der Waals surface area contributed by atoms with Gasteiger partial charge in [-0.2, -0.15) is 4.85 Å². The zero-order valence-electron chi connectivity index (χ0n) is 20.1. The molecule has 0 spiro atoms. The minimum atomic E-state index is -2.89. The Labute approximate surface area is 229 Å². The highest BCUT2D eigenvalue weighted by Crippen LogP contribution is 2.46. The third kappa shape index (κ3) is 5.60. The van der Waals surface area contributed by atoms with Crippen LogP contribution in [0.1, 0.15) is 17.3 Å². The summed E-state index contributed by atoms with van der Waals surface area (Å²) >= 11 is 11.8. The summed E-state index contributed by atoms with van der Waals surface area (Å²) in [4.78, 5) is 34.8. The number of Topliss-reactive ketones (excluding diaryl/α,β-unsaturated/α-hetero) is 1. The first-order valence-corrected chi connectivity index (χ1v) is 14.0. The number of ether oxygens (including phenoxy) is 1. The number of hydrogen-bond acceptors (Lipinski definition) is 5. The van der Waals surface area contributed by atoms with Crippen molar-refractivity contribution in [2.45, 2.75) is 6.92 Å². The van der Waals surface area contributed by atoms with Gasteiger partial charge in [-0.15, -0.1) is 5.10 Å². The number of halogens is 3. The van der Waals surface area contributed by atoms with Crippen LogP contribution in [0.2, 0.25) is 10.3 Å². The number of carbonyl (C=O) groups is 2. The van der Waals surface area contributed by atoms with E-state index in [9.17, 15) is 14.0 Å². The lowest BCUT2D eigenvalue weighted by molar-refractivity contribution is -0.134. The Morgan fingerprint density at radius 1 is 0.842 bits per heavy atom. The molecule has 0 saturated heterocycles. The summed E-state index contributed by atoms with van der Waals surface area (Å²) in [5, 5.41) is 5.88. The van der Waals surface area contributed by atoms with Crippen LogP contribution in [0, 0.1) is 5.82 Å². The minimum absolute atomic E-state index is 0.0254. The van der Waals surface area contributed by atoms with E-state index in [1.807, 2.05) is 91.0 Å². The van der Waals surface area contributed by atoms with Crippen molar-refractivity contribution < 1.29 is 18.7 Å². The van der Waals surface area contributed by atoms with Crippen LogP contribution < -0.4 is 15.9 Å². The summed E-state index contributed by atoms with van der Waals surface area (Å²) in [5.41, 5.74) is -1.05. The second-order valence-corrected chi connectivity index (χ2v) is 11.5. The lowest BCUT2D eigenvalue weighted by Crippen LogP contribution is -2.28. The van der Waals surface area contributed by atoms with Crippen LogP contribution in [0.15, 0.2) is 107 Å². The van der Waals surface area contributed by atoms with Gasteiger partial charge in [0.25, 0.3) is 0 Å². The standard InChI is InChI=1S/C28H21Cl2FN3O3P/c1-2-37-28(36)24(25(35)22-18-23(31)27(30)32-26(22)29)33-34-38(19-12-6-3-7-13-19,20-14-8-4-9-15-20)21-16-10-5-11-17-21/h3-18H,2H2,1H3/b33-24+. The number of ketones is 1. The molecule has 4 aromatic rings. The SMILES string of the molecule is CCOC(=O)/C(=N/N=P(c1ccccc1)(c1ccccc1)c1ccccc1)C(=O)c1cc(F)c(Cl)nc1Cl. The quantitative estimate of drug-likeness (QED) is 0.0512. The Hall–Kier alpha value is -3.64. The van der Waals surface area contributed by atoms with Crippen molar-refractivity contribution in [3.8, 4) is 0 Å². The average molecular weight is 568 g/mol. The van der Waals surface area contributed by atoms with Gasteiger partial charge >= 0.3 is 5.97 Å². The molecule has 0 fully saturated rings. The normalized spacial score (nSPS) is 11.6. The molecule has 10 heteroatoms. The molecule has 3 aromatic carbocycles. The largest absolute Gasteiger partial charge is 0.461 e. The van der Waals surface area contributed by atoms with Gasteiger partial charge in [0, 0.05) is 15.9 Å². The van der Waals surface area contributed by atoms with Crippen molar-refractivity contribution in [2.24, 2.45) is 9.96 Å². The van der Waals surface area contributed by atoms with Crippen LogP contribution in [0.3, 0.4) is 0 Å². The first kappa shape index (κ1) is 27.4. The minimum Gasteiger partial charge on any atom is -0.461 e. The number of hydrogen-bond donors (Lipinski definition) is 0. The molecule has 0 amide bonds. The average Bonchev–Trinajstić information content (AvgIpc) is 2.94. The number of pyridine rings is 1. The van der Waals surface area contributed by atoms with Gasteiger partial charge in [0.1, 0.15) is 5.15 Å². The highest BCUT2D eigenvalue weighted by Gasteiger charge is 2.31. The fourth-order valence-electron chi connectivity index (χ4n) is 3.76. The fraction of sp³-hybridized carbons (Fsp3) is 0.0714. The predicted molar refractivity (Wildman–Crippen MR) is 150 cm³/mol. The zero-order chi connectivity index (χ0) is 27.1. The van der Waals surface area contributed by atoms with Gasteiger partial charge in [0.2, 0.25) is 11.5 Å². The molecule has 0 aliphatic rings. The Morgan fingerprint density at radius 3 is 1.76 bits per heavy atom. The summed E-state index contributed by atoms with van der Waals surface area (Å²) in [6.45, 7) is 1.56. The smallest absolute Gasteiger partial charge is 0.362 e. The maximum Gasteiger partial charge on any atom is 0.362 e. The molecule has 0 unspecified atom stereocenters. The zero-order valence-corrected chi connectivity index (χ0v) is 22.5. The second-order valence-electron chi connectivity index (χ2n) is 7.83. The Kier molecular flexibility index (Phi) is 8.85. The van der Waals surface area contributed by atoms with E-state index in [0.717, 1.165) is 22.0 Å². The van der Waals surface area contributed by atoms with E-state index in [-0.39, 0.29) is 11.8 Å². The first-order valence-electron chi connectivity index (χ1n) is 11.5. The Morgan fingerprint density at radius 2 is 1.32 bits per heavy atom. The Bertz CT molecular complexity index is 1450. The summed E-state index contributed by atoms with van der Waals surface area (Å²) in [7, 11) is -2.89.